The van der Waals surface area contributed by atoms with Crippen LogP contribution in [0.2, 0.25) is 0 Å². The Labute approximate surface area is 94.0 Å². The van der Waals surface area contributed by atoms with E-state index in [4.69, 9.17) is 0 Å². The molecular formula is C13H25NO. The Balaban J connectivity index is 2.38. The molecule has 0 aliphatic carbocycles. The summed E-state index contributed by atoms with van der Waals surface area (Å²) in [4.78, 5) is 12.8. The molecule has 0 bridgehead atoms. The summed E-state index contributed by atoms with van der Waals surface area (Å²) in [6.45, 7) is 10.4. The van der Waals surface area contributed by atoms with E-state index >= 15 is 0 Å². The second-order valence-electron chi connectivity index (χ2n) is 5.79. The van der Waals surface area contributed by atoms with Crippen molar-refractivity contribution in [2.24, 2.45) is 11.3 Å². The molecule has 88 valence electrons. The maximum atomic E-state index is 10.3. The third-order valence-electron chi connectivity index (χ3n) is 3.61. The number of rotatable bonds is 3. The van der Waals surface area contributed by atoms with Crippen molar-refractivity contribution in [1.29, 1.82) is 0 Å². The van der Waals surface area contributed by atoms with Crippen molar-refractivity contribution in [2.75, 3.05) is 19.6 Å². The van der Waals surface area contributed by atoms with Crippen molar-refractivity contribution < 1.29 is 4.79 Å². The lowest BCUT2D eigenvalue weighted by Gasteiger charge is -2.29. The van der Waals surface area contributed by atoms with E-state index in [1.165, 1.54) is 32.4 Å². The van der Waals surface area contributed by atoms with Crippen molar-refractivity contribution in [3.63, 3.8) is 0 Å². The fourth-order valence-electron chi connectivity index (χ4n) is 2.48. The molecule has 2 nitrogen and oxygen atoms in total. The molecule has 1 aliphatic heterocycles. The lowest BCUT2D eigenvalue weighted by molar-refractivity contribution is -0.108. The van der Waals surface area contributed by atoms with Crippen LogP contribution in [0.1, 0.15) is 46.5 Å². The van der Waals surface area contributed by atoms with E-state index in [1.54, 1.807) is 0 Å². The maximum absolute atomic E-state index is 10.3. The van der Waals surface area contributed by atoms with Crippen LogP contribution in [0, 0.1) is 11.3 Å². The number of hydrogen-bond donors (Lipinski definition) is 0. The number of carbonyl (C=O) groups excluding carboxylic acids is 1. The van der Waals surface area contributed by atoms with Gasteiger partial charge in [-0.15, -0.1) is 0 Å². The van der Waals surface area contributed by atoms with Gasteiger partial charge in [0.1, 0.15) is 6.29 Å². The smallest absolute Gasteiger partial charge is 0.121 e. The van der Waals surface area contributed by atoms with Gasteiger partial charge in [0.15, 0.2) is 0 Å². The standard InChI is InChI=1S/C13H25NO/c1-13(2,3)12-6-4-8-14(10-7-12)9-5-11-15/h11-12H,4-10H2,1-3H3. The van der Waals surface area contributed by atoms with E-state index in [2.05, 4.69) is 25.7 Å². The summed E-state index contributed by atoms with van der Waals surface area (Å²) in [5.74, 6) is 0.846. The summed E-state index contributed by atoms with van der Waals surface area (Å²) in [6.07, 6.45) is 5.66. The van der Waals surface area contributed by atoms with Gasteiger partial charge < -0.3 is 9.69 Å². The second kappa shape index (κ2) is 5.64. The van der Waals surface area contributed by atoms with Crippen LogP contribution < -0.4 is 0 Å². The Bertz CT molecular complexity index is 195. The van der Waals surface area contributed by atoms with E-state index in [0.717, 1.165) is 18.7 Å². The molecule has 2 heteroatoms. The van der Waals surface area contributed by atoms with Gasteiger partial charge in [-0.05, 0) is 43.7 Å². The number of carbonyl (C=O) groups is 1. The normalized spacial score (nSPS) is 24.9. The van der Waals surface area contributed by atoms with E-state index in [0.29, 0.717) is 11.8 Å². The van der Waals surface area contributed by atoms with Crippen LogP contribution in [0.15, 0.2) is 0 Å². The lowest BCUT2D eigenvalue weighted by atomic mass is 9.77. The van der Waals surface area contributed by atoms with Gasteiger partial charge in [0.05, 0.1) is 0 Å². The Morgan fingerprint density at radius 2 is 2.00 bits per heavy atom. The molecule has 1 rings (SSSR count). The predicted octanol–water partition coefficient (Wildman–Crippen LogP) is 2.72. The first-order valence-electron chi connectivity index (χ1n) is 6.20. The van der Waals surface area contributed by atoms with Gasteiger partial charge in [0, 0.05) is 13.0 Å². The highest BCUT2D eigenvalue weighted by Gasteiger charge is 2.26. The minimum atomic E-state index is 0.445. The van der Waals surface area contributed by atoms with E-state index in [1.807, 2.05) is 0 Å². The molecule has 0 N–H and O–H groups in total. The maximum Gasteiger partial charge on any atom is 0.121 e. The molecule has 1 saturated heterocycles. The summed E-state index contributed by atoms with van der Waals surface area (Å²) < 4.78 is 0. The Morgan fingerprint density at radius 1 is 1.27 bits per heavy atom. The first-order chi connectivity index (χ1) is 7.04. The van der Waals surface area contributed by atoms with Crippen molar-refractivity contribution in [3.8, 4) is 0 Å². The van der Waals surface area contributed by atoms with Gasteiger partial charge in [-0.25, -0.2) is 0 Å². The Hall–Kier alpha value is -0.370. The SMILES string of the molecule is CC(C)(C)C1CCCN(CCC=O)CC1. The van der Waals surface area contributed by atoms with E-state index < -0.39 is 0 Å². The largest absolute Gasteiger partial charge is 0.303 e. The van der Waals surface area contributed by atoms with Crippen LogP contribution >= 0.6 is 0 Å². The Kier molecular flexibility index (Phi) is 4.78. The first-order valence-corrected chi connectivity index (χ1v) is 6.20. The number of hydrogen-bond acceptors (Lipinski definition) is 2. The highest BCUT2D eigenvalue weighted by molar-refractivity contribution is 5.49. The van der Waals surface area contributed by atoms with Crippen LogP contribution in [0.4, 0.5) is 0 Å². The fourth-order valence-corrected chi connectivity index (χ4v) is 2.48. The molecule has 0 amide bonds. The van der Waals surface area contributed by atoms with Gasteiger partial charge >= 0.3 is 0 Å². The zero-order valence-electron chi connectivity index (χ0n) is 10.5. The van der Waals surface area contributed by atoms with Crippen LogP contribution in [0.25, 0.3) is 0 Å². The molecule has 1 fully saturated rings. The summed E-state index contributed by atoms with van der Waals surface area (Å²) >= 11 is 0. The average molecular weight is 211 g/mol. The van der Waals surface area contributed by atoms with Crippen molar-refractivity contribution >= 4 is 6.29 Å². The fraction of sp³-hybridized carbons (Fsp3) is 0.923. The predicted molar refractivity (Wildman–Crippen MR) is 63.9 cm³/mol. The topological polar surface area (TPSA) is 20.3 Å². The molecule has 15 heavy (non-hydrogen) atoms. The molecule has 0 aromatic rings. The minimum Gasteiger partial charge on any atom is -0.303 e. The first kappa shape index (κ1) is 12.7. The van der Waals surface area contributed by atoms with Crippen molar-refractivity contribution in [3.05, 3.63) is 0 Å². The van der Waals surface area contributed by atoms with Crippen molar-refractivity contribution in [2.45, 2.75) is 46.5 Å². The molecule has 0 saturated carbocycles. The monoisotopic (exact) mass is 211 g/mol. The highest BCUT2D eigenvalue weighted by Crippen LogP contribution is 2.34. The quantitative estimate of drug-likeness (QED) is 0.669. The molecule has 0 spiro atoms. The minimum absolute atomic E-state index is 0.445. The summed E-state index contributed by atoms with van der Waals surface area (Å²) in [5, 5.41) is 0. The van der Waals surface area contributed by atoms with Gasteiger partial charge in [-0.3, -0.25) is 0 Å². The molecule has 1 unspecified atom stereocenters. The zero-order chi connectivity index (χ0) is 11.3. The zero-order valence-corrected chi connectivity index (χ0v) is 10.5. The summed E-state index contributed by atoms with van der Waals surface area (Å²) in [6, 6.07) is 0. The summed E-state index contributed by atoms with van der Waals surface area (Å²) in [7, 11) is 0. The van der Waals surface area contributed by atoms with E-state index in [9.17, 15) is 4.79 Å². The lowest BCUT2D eigenvalue weighted by Crippen LogP contribution is -2.27. The second-order valence-corrected chi connectivity index (χ2v) is 5.79. The average Bonchev–Trinajstić information content (AvgIpc) is 2.38. The molecule has 0 aromatic carbocycles. The third-order valence-corrected chi connectivity index (χ3v) is 3.61. The van der Waals surface area contributed by atoms with Gasteiger partial charge in [-0.1, -0.05) is 20.8 Å². The number of likely N-dealkylation sites (tertiary alicyclic amines) is 1. The molecule has 1 aliphatic rings. The Morgan fingerprint density at radius 3 is 2.60 bits per heavy atom. The molecule has 0 aromatic heterocycles. The molecule has 0 radical (unpaired) electrons. The van der Waals surface area contributed by atoms with Crippen LogP contribution in [-0.4, -0.2) is 30.8 Å². The van der Waals surface area contributed by atoms with Crippen molar-refractivity contribution in [1.82, 2.24) is 4.90 Å². The third kappa shape index (κ3) is 4.33. The number of nitrogens with zero attached hydrogens (tertiary/aromatic N) is 1. The van der Waals surface area contributed by atoms with E-state index in [-0.39, 0.29) is 0 Å². The molecule has 1 atom stereocenters. The molecule has 1 heterocycles. The molecular weight excluding hydrogens is 186 g/mol. The van der Waals surface area contributed by atoms with Gasteiger partial charge in [0.25, 0.3) is 0 Å². The van der Waals surface area contributed by atoms with Gasteiger partial charge in [-0.2, -0.15) is 0 Å². The number of aldehydes is 1. The van der Waals surface area contributed by atoms with Crippen LogP contribution in [-0.2, 0) is 4.79 Å². The van der Waals surface area contributed by atoms with Crippen LogP contribution in [0.5, 0.6) is 0 Å². The van der Waals surface area contributed by atoms with Crippen LogP contribution in [0.3, 0.4) is 0 Å². The highest BCUT2D eigenvalue weighted by atomic mass is 16.1. The van der Waals surface area contributed by atoms with Gasteiger partial charge in [0.2, 0.25) is 0 Å². The summed E-state index contributed by atoms with van der Waals surface area (Å²) in [5.41, 5.74) is 0.445.